The van der Waals surface area contributed by atoms with Crippen LogP contribution >= 0.6 is 0 Å². The fourth-order valence-electron chi connectivity index (χ4n) is 3.25. The van der Waals surface area contributed by atoms with Gasteiger partial charge in [-0.05, 0) is 61.1 Å². The molecule has 0 saturated carbocycles. The van der Waals surface area contributed by atoms with Gasteiger partial charge in [0.2, 0.25) is 0 Å². The van der Waals surface area contributed by atoms with Gasteiger partial charge in [-0.2, -0.15) is 0 Å². The Bertz CT molecular complexity index is 707. The van der Waals surface area contributed by atoms with Crippen molar-refractivity contribution in [1.29, 1.82) is 0 Å². The quantitative estimate of drug-likeness (QED) is 0.271. The molecular formula is C26H36O4. The summed E-state index contributed by atoms with van der Waals surface area (Å²) in [5.74, 6) is 0.611. The third kappa shape index (κ3) is 9.00. The lowest BCUT2D eigenvalue weighted by Gasteiger charge is -2.08. The van der Waals surface area contributed by atoms with E-state index >= 15 is 0 Å². The number of aliphatic hydroxyl groups excluding tert-OH is 1. The van der Waals surface area contributed by atoms with E-state index in [-0.39, 0.29) is 12.6 Å². The van der Waals surface area contributed by atoms with Gasteiger partial charge in [0.1, 0.15) is 5.75 Å². The fraction of sp³-hybridized carbons (Fsp3) is 0.500. The summed E-state index contributed by atoms with van der Waals surface area (Å²) in [6.45, 7) is 3.63. The highest BCUT2D eigenvalue weighted by Crippen LogP contribution is 2.23. The van der Waals surface area contributed by atoms with Gasteiger partial charge in [0.05, 0.1) is 18.8 Å². The van der Waals surface area contributed by atoms with Crippen LogP contribution in [-0.2, 0) is 4.74 Å². The van der Waals surface area contributed by atoms with Gasteiger partial charge < -0.3 is 14.6 Å². The van der Waals surface area contributed by atoms with Gasteiger partial charge in [0, 0.05) is 6.61 Å². The maximum absolute atomic E-state index is 12.1. The molecule has 0 unspecified atom stereocenters. The summed E-state index contributed by atoms with van der Waals surface area (Å²) >= 11 is 0. The molecule has 4 nitrogen and oxygen atoms in total. The predicted molar refractivity (Wildman–Crippen MR) is 122 cm³/mol. The van der Waals surface area contributed by atoms with Crippen LogP contribution in [0.1, 0.15) is 75.1 Å². The Balaban J connectivity index is 1.75. The number of carbonyl (C=O) groups excluding carboxylic acids is 1. The Morgan fingerprint density at radius 3 is 1.93 bits per heavy atom. The van der Waals surface area contributed by atoms with Crippen molar-refractivity contribution < 1.29 is 19.4 Å². The van der Waals surface area contributed by atoms with Gasteiger partial charge in [-0.25, -0.2) is 4.79 Å². The third-order valence-electron chi connectivity index (χ3n) is 5.11. The first-order chi connectivity index (χ1) is 14.7. The molecule has 0 atom stereocenters. The zero-order chi connectivity index (χ0) is 21.4. The van der Waals surface area contributed by atoms with Crippen molar-refractivity contribution in [2.75, 3.05) is 19.8 Å². The van der Waals surface area contributed by atoms with E-state index < -0.39 is 0 Å². The smallest absolute Gasteiger partial charge is 0.338 e. The van der Waals surface area contributed by atoms with E-state index in [2.05, 4.69) is 6.92 Å². The van der Waals surface area contributed by atoms with E-state index in [0.29, 0.717) is 12.2 Å². The second-order valence-electron chi connectivity index (χ2n) is 7.64. The van der Waals surface area contributed by atoms with Crippen molar-refractivity contribution in [3.8, 4) is 16.9 Å². The largest absolute Gasteiger partial charge is 0.494 e. The van der Waals surface area contributed by atoms with Crippen molar-refractivity contribution in [2.24, 2.45) is 0 Å². The molecule has 164 valence electrons. The molecule has 2 rings (SSSR count). The van der Waals surface area contributed by atoms with Crippen LogP contribution in [0.3, 0.4) is 0 Å². The molecule has 0 aliphatic heterocycles. The highest BCUT2D eigenvalue weighted by atomic mass is 16.5. The molecule has 0 aromatic heterocycles. The molecule has 0 saturated heterocycles. The Kier molecular flexibility index (Phi) is 11.7. The van der Waals surface area contributed by atoms with Crippen LogP contribution in [0.25, 0.3) is 11.1 Å². The van der Waals surface area contributed by atoms with Crippen LogP contribution in [0, 0.1) is 0 Å². The number of unbranched alkanes of at least 4 members (excludes halogenated alkanes) is 7. The molecule has 4 heteroatoms. The van der Waals surface area contributed by atoms with Crippen LogP contribution in [-0.4, -0.2) is 30.9 Å². The Labute approximate surface area is 181 Å². The van der Waals surface area contributed by atoms with Gasteiger partial charge in [0.25, 0.3) is 0 Å². The van der Waals surface area contributed by atoms with E-state index in [9.17, 15) is 4.79 Å². The molecule has 2 aromatic rings. The average Bonchev–Trinajstić information content (AvgIpc) is 2.79. The Morgan fingerprint density at radius 1 is 0.733 bits per heavy atom. The second kappa shape index (κ2) is 14.6. The maximum Gasteiger partial charge on any atom is 0.338 e. The average molecular weight is 413 g/mol. The molecule has 30 heavy (non-hydrogen) atoms. The van der Waals surface area contributed by atoms with E-state index in [1.807, 2.05) is 48.5 Å². The lowest BCUT2D eigenvalue weighted by Crippen LogP contribution is -2.06. The minimum absolute atomic E-state index is 0.223. The summed E-state index contributed by atoms with van der Waals surface area (Å²) in [7, 11) is 0. The highest BCUT2D eigenvalue weighted by Gasteiger charge is 2.07. The minimum atomic E-state index is -0.286. The topological polar surface area (TPSA) is 55.8 Å². The van der Waals surface area contributed by atoms with Gasteiger partial charge in [0.15, 0.2) is 0 Å². The number of esters is 1. The monoisotopic (exact) mass is 412 g/mol. The molecule has 1 N–H and O–H groups in total. The van der Waals surface area contributed by atoms with Crippen LogP contribution in [0.2, 0.25) is 0 Å². The van der Waals surface area contributed by atoms with Crippen molar-refractivity contribution in [3.05, 3.63) is 54.1 Å². The van der Waals surface area contributed by atoms with Crippen LogP contribution < -0.4 is 4.74 Å². The summed E-state index contributed by atoms with van der Waals surface area (Å²) in [6, 6.07) is 15.6. The summed E-state index contributed by atoms with van der Waals surface area (Å²) in [4.78, 5) is 12.1. The molecule has 0 aliphatic carbocycles. The fourth-order valence-corrected chi connectivity index (χ4v) is 3.25. The van der Waals surface area contributed by atoms with E-state index in [1.165, 1.54) is 25.7 Å². The van der Waals surface area contributed by atoms with Crippen molar-refractivity contribution in [3.63, 3.8) is 0 Å². The zero-order valence-electron chi connectivity index (χ0n) is 18.3. The lowest BCUT2D eigenvalue weighted by molar-refractivity contribution is 0.0497. The second-order valence-corrected chi connectivity index (χ2v) is 7.64. The molecule has 0 fully saturated rings. The summed E-state index contributed by atoms with van der Waals surface area (Å²) in [6.07, 6.45) is 9.74. The zero-order valence-corrected chi connectivity index (χ0v) is 18.3. The van der Waals surface area contributed by atoms with Gasteiger partial charge in [-0.15, -0.1) is 0 Å². The lowest BCUT2D eigenvalue weighted by atomic mass is 10.0. The number of hydrogen-bond acceptors (Lipinski definition) is 4. The van der Waals surface area contributed by atoms with Crippen molar-refractivity contribution >= 4 is 5.97 Å². The molecule has 0 amide bonds. The third-order valence-corrected chi connectivity index (χ3v) is 5.11. The maximum atomic E-state index is 12.1. The molecule has 0 heterocycles. The van der Waals surface area contributed by atoms with Crippen molar-refractivity contribution in [1.82, 2.24) is 0 Å². The first-order valence-electron chi connectivity index (χ1n) is 11.4. The highest BCUT2D eigenvalue weighted by molar-refractivity contribution is 5.90. The van der Waals surface area contributed by atoms with Crippen LogP contribution in [0.4, 0.5) is 0 Å². The van der Waals surface area contributed by atoms with Crippen LogP contribution in [0.5, 0.6) is 5.75 Å². The molecule has 0 radical (unpaired) electrons. The number of hydrogen-bond donors (Lipinski definition) is 1. The number of carbonyl (C=O) groups is 1. The summed E-state index contributed by atoms with van der Waals surface area (Å²) < 4.78 is 11.1. The normalized spacial score (nSPS) is 10.7. The Hall–Kier alpha value is -2.33. The van der Waals surface area contributed by atoms with E-state index in [4.69, 9.17) is 14.6 Å². The summed E-state index contributed by atoms with van der Waals surface area (Å²) in [5.41, 5.74) is 2.72. The van der Waals surface area contributed by atoms with Crippen LogP contribution in [0.15, 0.2) is 48.5 Å². The predicted octanol–water partition coefficient (Wildman–Crippen LogP) is 6.41. The minimum Gasteiger partial charge on any atom is -0.494 e. The van der Waals surface area contributed by atoms with Gasteiger partial charge >= 0.3 is 5.97 Å². The summed E-state index contributed by atoms with van der Waals surface area (Å²) in [5, 5.41) is 8.75. The molecule has 0 spiro atoms. The first kappa shape index (κ1) is 23.9. The Morgan fingerprint density at radius 2 is 1.30 bits per heavy atom. The molecular weight excluding hydrogens is 376 g/mol. The number of benzene rings is 2. The first-order valence-corrected chi connectivity index (χ1v) is 11.4. The number of aliphatic hydroxyl groups is 1. The molecule has 2 aromatic carbocycles. The van der Waals surface area contributed by atoms with Crippen molar-refractivity contribution in [2.45, 2.75) is 64.7 Å². The standard InChI is InChI=1S/C26H36O4/c1-2-3-4-6-9-20-29-25-17-15-23(16-18-25)22-11-13-24(14-12-22)26(28)30-21-10-7-5-8-19-27/h11-18,27H,2-10,19-21H2,1H3. The number of ether oxygens (including phenoxy) is 2. The van der Waals surface area contributed by atoms with Gasteiger partial charge in [-0.1, -0.05) is 63.3 Å². The molecule has 0 bridgehead atoms. The molecule has 0 aliphatic rings. The van der Waals surface area contributed by atoms with E-state index in [0.717, 1.165) is 55.6 Å². The van der Waals surface area contributed by atoms with E-state index in [1.54, 1.807) is 0 Å². The van der Waals surface area contributed by atoms with Gasteiger partial charge in [-0.3, -0.25) is 0 Å². The SMILES string of the molecule is CCCCCCCOc1ccc(-c2ccc(C(=O)OCCCCCCO)cc2)cc1. The number of rotatable bonds is 15.